The molecule has 0 aliphatic carbocycles. The van der Waals surface area contributed by atoms with E-state index >= 15 is 0 Å². The highest BCUT2D eigenvalue weighted by molar-refractivity contribution is 7.86. The molecule has 1 aliphatic rings. The van der Waals surface area contributed by atoms with Crippen LogP contribution in [0.3, 0.4) is 0 Å². The Balaban J connectivity index is 2.10. The van der Waals surface area contributed by atoms with E-state index in [1.54, 1.807) is 18.2 Å². The summed E-state index contributed by atoms with van der Waals surface area (Å²) in [6.45, 7) is 0.490. The van der Waals surface area contributed by atoms with Crippen LogP contribution in [0.25, 0.3) is 0 Å². The summed E-state index contributed by atoms with van der Waals surface area (Å²) >= 11 is 0. The van der Waals surface area contributed by atoms with Gasteiger partial charge in [-0.3, -0.25) is 4.79 Å². The van der Waals surface area contributed by atoms with Gasteiger partial charge in [-0.2, -0.15) is 17.8 Å². The summed E-state index contributed by atoms with van der Waals surface area (Å²) in [6.07, 6.45) is 1.12. The lowest BCUT2D eigenvalue weighted by atomic mass is 10.1. The highest BCUT2D eigenvalue weighted by atomic mass is 32.2. The van der Waals surface area contributed by atoms with E-state index in [9.17, 15) is 13.2 Å². The van der Waals surface area contributed by atoms with Crippen LogP contribution in [0.5, 0.6) is 0 Å². The molecule has 1 aromatic rings. The van der Waals surface area contributed by atoms with Gasteiger partial charge < -0.3 is 0 Å². The molecule has 1 aliphatic heterocycles. The number of rotatable bonds is 3. The average molecular weight is 255 g/mol. The molecule has 0 spiro atoms. The second kappa shape index (κ2) is 4.95. The predicted molar refractivity (Wildman–Crippen MR) is 60.5 cm³/mol. The molecule has 92 valence electrons. The van der Waals surface area contributed by atoms with Gasteiger partial charge in [0.1, 0.15) is 5.78 Å². The monoisotopic (exact) mass is 255 g/mol. The third kappa shape index (κ3) is 3.12. The Bertz CT molecular complexity index is 497. The zero-order chi connectivity index (χ0) is 12.3. The number of benzene rings is 1. The van der Waals surface area contributed by atoms with E-state index in [1.807, 2.05) is 0 Å². The first-order valence-electron chi connectivity index (χ1n) is 5.34. The number of piperidine rings is 1. The average Bonchev–Trinajstić information content (AvgIpc) is 2.29. The normalized spacial score (nSPS) is 18.2. The number of carbonyl (C=O) groups is 1. The molecule has 5 nitrogen and oxygen atoms in total. The molecule has 1 fully saturated rings. The SMILES string of the molecule is O=C1CCCN(OS(=O)(=O)c2ccccc2)C1. The summed E-state index contributed by atoms with van der Waals surface area (Å²) < 4.78 is 28.6. The second-order valence-corrected chi connectivity index (χ2v) is 5.38. The van der Waals surface area contributed by atoms with Crippen LogP contribution in [-0.4, -0.2) is 32.4 Å². The number of ketones is 1. The molecule has 1 aromatic carbocycles. The van der Waals surface area contributed by atoms with Crippen molar-refractivity contribution in [2.75, 3.05) is 13.1 Å². The van der Waals surface area contributed by atoms with Gasteiger partial charge in [0.15, 0.2) is 0 Å². The maximum atomic E-state index is 11.8. The molecule has 1 saturated heterocycles. The predicted octanol–water partition coefficient (Wildman–Crippen LogP) is 0.972. The molecule has 0 radical (unpaired) electrons. The van der Waals surface area contributed by atoms with Crippen LogP contribution in [0.1, 0.15) is 12.8 Å². The largest absolute Gasteiger partial charge is 0.313 e. The smallest absolute Gasteiger partial charge is 0.298 e. The topological polar surface area (TPSA) is 63.7 Å². The first kappa shape index (κ1) is 12.2. The number of carbonyl (C=O) groups excluding carboxylic acids is 1. The fraction of sp³-hybridized carbons (Fsp3) is 0.364. The summed E-state index contributed by atoms with van der Waals surface area (Å²) in [5.74, 6) is -0.000452. The summed E-state index contributed by atoms with van der Waals surface area (Å²) in [4.78, 5) is 11.3. The Morgan fingerprint density at radius 1 is 1.18 bits per heavy atom. The van der Waals surface area contributed by atoms with E-state index in [-0.39, 0.29) is 17.2 Å². The Labute approximate surface area is 100 Å². The van der Waals surface area contributed by atoms with Crippen molar-refractivity contribution in [2.24, 2.45) is 0 Å². The minimum absolute atomic E-state index is 0.000452. The Kier molecular flexibility index (Phi) is 3.56. The number of hydroxylamine groups is 2. The van der Waals surface area contributed by atoms with E-state index in [2.05, 4.69) is 0 Å². The van der Waals surface area contributed by atoms with Crippen molar-refractivity contribution < 1.29 is 17.5 Å². The third-order valence-corrected chi connectivity index (χ3v) is 3.71. The van der Waals surface area contributed by atoms with Crippen LogP contribution in [0.15, 0.2) is 35.2 Å². The molecular weight excluding hydrogens is 242 g/mol. The molecule has 17 heavy (non-hydrogen) atoms. The number of hydrogen-bond acceptors (Lipinski definition) is 5. The van der Waals surface area contributed by atoms with Crippen molar-refractivity contribution in [1.29, 1.82) is 0 Å². The van der Waals surface area contributed by atoms with Crippen LogP contribution in [-0.2, 0) is 19.2 Å². The fourth-order valence-electron chi connectivity index (χ4n) is 1.64. The maximum Gasteiger partial charge on any atom is 0.313 e. The molecule has 2 rings (SSSR count). The van der Waals surface area contributed by atoms with Gasteiger partial charge in [0.25, 0.3) is 0 Å². The maximum absolute atomic E-state index is 11.8. The lowest BCUT2D eigenvalue weighted by Gasteiger charge is -2.23. The van der Waals surface area contributed by atoms with E-state index in [1.165, 1.54) is 17.2 Å². The van der Waals surface area contributed by atoms with Crippen LogP contribution in [0.2, 0.25) is 0 Å². The Morgan fingerprint density at radius 2 is 1.88 bits per heavy atom. The summed E-state index contributed by atoms with van der Waals surface area (Å²) in [5.41, 5.74) is 0. The van der Waals surface area contributed by atoms with E-state index < -0.39 is 10.1 Å². The van der Waals surface area contributed by atoms with Crippen molar-refractivity contribution in [1.82, 2.24) is 5.06 Å². The lowest BCUT2D eigenvalue weighted by Crippen LogP contribution is -2.37. The second-order valence-electron chi connectivity index (χ2n) is 3.85. The molecule has 0 bridgehead atoms. The van der Waals surface area contributed by atoms with Crippen LogP contribution in [0.4, 0.5) is 0 Å². The molecule has 0 unspecified atom stereocenters. The van der Waals surface area contributed by atoms with Gasteiger partial charge in [0, 0.05) is 13.0 Å². The highest BCUT2D eigenvalue weighted by Crippen LogP contribution is 2.15. The highest BCUT2D eigenvalue weighted by Gasteiger charge is 2.24. The van der Waals surface area contributed by atoms with Crippen molar-refractivity contribution in [3.63, 3.8) is 0 Å². The van der Waals surface area contributed by atoms with Gasteiger partial charge in [0.2, 0.25) is 0 Å². The Morgan fingerprint density at radius 3 is 2.53 bits per heavy atom. The summed E-state index contributed by atoms with van der Waals surface area (Å²) in [7, 11) is -3.81. The van der Waals surface area contributed by atoms with Gasteiger partial charge in [-0.15, -0.1) is 0 Å². The van der Waals surface area contributed by atoms with Gasteiger partial charge >= 0.3 is 10.1 Å². The standard InChI is InChI=1S/C11H13NO4S/c13-10-5-4-8-12(9-10)16-17(14,15)11-6-2-1-3-7-11/h1-3,6-7H,4-5,8-9H2. The van der Waals surface area contributed by atoms with Gasteiger partial charge in [0.05, 0.1) is 11.4 Å². The van der Waals surface area contributed by atoms with E-state index in [4.69, 9.17) is 4.28 Å². The molecule has 1 heterocycles. The van der Waals surface area contributed by atoms with Gasteiger partial charge in [-0.05, 0) is 18.6 Å². The molecule has 0 aromatic heterocycles. The van der Waals surface area contributed by atoms with Crippen LogP contribution < -0.4 is 0 Å². The fourth-order valence-corrected chi connectivity index (χ4v) is 2.62. The van der Waals surface area contributed by atoms with Crippen LogP contribution >= 0.6 is 0 Å². The minimum Gasteiger partial charge on any atom is -0.298 e. The quantitative estimate of drug-likeness (QED) is 0.805. The zero-order valence-corrected chi connectivity index (χ0v) is 10.0. The van der Waals surface area contributed by atoms with Gasteiger partial charge in [-0.1, -0.05) is 18.2 Å². The molecular formula is C11H13NO4S. The molecule has 0 atom stereocenters. The van der Waals surface area contributed by atoms with Crippen LogP contribution in [0, 0.1) is 0 Å². The number of Topliss-reactive ketones (excluding diaryl/α,β-unsaturated/α-hetero) is 1. The summed E-state index contributed by atoms with van der Waals surface area (Å²) in [6, 6.07) is 7.89. The summed E-state index contributed by atoms with van der Waals surface area (Å²) in [5, 5.41) is 1.20. The number of hydrogen-bond donors (Lipinski definition) is 0. The zero-order valence-electron chi connectivity index (χ0n) is 9.20. The van der Waals surface area contributed by atoms with Crippen molar-refractivity contribution in [3.05, 3.63) is 30.3 Å². The van der Waals surface area contributed by atoms with Crippen molar-refractivity contribution >= 4 is 15.9 Å². The minimum atomic E-state index is -3.81. The first-order valence-corrected chi connectivity index (χ1v) is 6.75. The van der Waals surface area contributed by atoms with Crippen molar-refractivity contribution in [3.8, 4) is 0 Å². The molecule has 0 saturated carbocycles. The molecule has 6 heteroatoms. The third-order valence-electron chi connectivity index (χ3n) is 2.45. The lowest BCUT2D eigenvalue weighted by molar-refractivity contribution is -0.134. The molecule has 0 amide bonds. The van der Waals surface area contributed by atoms with Gasteiger partial charge in [-0.25, -0.2) is 0 Å². The Hall–Kier alpha value is -1.24. The van der Waals surface area contributed by atoms with E-state index in [0.717, 1.165) is 0 Å². The van der Waals surface area contributed by atoms with E-state index in [0.29, 0.717) is 19.4 Å². The number of nitrogens with zero attached hydrogens (tertiary/aromatic N) is 1. The van der Waals surface area contributed by atoms with Crippen molar-refractivity contribution in [2.45, 2.75) is 17.7 Å². The first-order chi connectivity index (χ1) is 8.08. The molecule has 0 N–H and O–H groups in total.